The van der Waals surface area contributed by atoms with Crippen LogP contribution in [-0.4, -0.2) is 15.0 Å². The number of thiophene rings is 1. The van der Waals surface area contributed by atoms with Crippen LogP contribution in [0.5, 0.6) is 0 Å². The minimum Gasteiger partial charge on any atom is -0.246 e. The minimum absolute atomic E-state index is 0.700. The predicted octanol–water partition coefficient (Wildman–Crippen LogP) is 15.7. The lowest BCUT2D eigenvalue weighted by molar-refractivity contribution is 1.18. The molecule has 0 saturated heterocycles. The molecule has 3 heterocycles. The summed E-state index contributed by atoms with van der Waals surface area (Å²) in [7, 11) is 0. The van der Waals surface area contributed by atoms with Crippen molar-refractivity contribution in [1.82, 2.24) is 15.0 Å². The molecular formula is C57H35N3S. The summed E-state index contributed by atoms with van der Waals surface area (Å²) >= 11 is 1.83. The van der Waals surface area contributed by atoms with Gasteiger partial charge in [0.05, 0.1) is 27.3 Å². The molecule has 12 rings (SSSR count). The molecule has 0 aliphatic carbocycles. The zero-order valence-corrected chi connectivity index (χ0v) is 33.8. The Kier molecular flexibility index (Phi) is 8.36. The molecule has 0 saturated carbocycles. The van der Waals surface area contributed by atoms with Gasteiger partial charge in [-0.25, -0.2) is 15.0 Å². The van der Waals surface area contributed by atoms with Gasteiger partial charge in [0.2, 0.25) is 0 Å². The first kappa shape index (κ1) is 35.2. The maximum atomic E-state index is 5.38. The molecule has 0 aliphatic heterocycles. The molecule has 61 heavy (non-hydrogen) atoms. The maximum absolute atomic E-state index is 5.38. The second kappa shape index (κ2) is 14.5. The molecule has 0 N–H and O–H groups in total. The zero-order valence-electron chi connectivity index (χ0n) is 33.0. The lowest BCUT2D eigenvalue weighted by Gasteiger charge is -2.14. The molecule has 0 radical (unpaired) electrons. The quantitative estimate of drug-likeness (QED) is 0.157. The van der Waals surface area contributed by atoms with Crippen LogP contribution in [0.15, 0.2) is 212 Å². The fourth-order valence-corrected chi connectivity index (χ4v) is 10.4. The molecule has 0 spiro atoms. The zero-order chi connectivity index (χ0) is 40.3. The number of nitrogens with zero attached hydrogens (tertiary/aromatic N) is 3. The topological polar surface area (TPSA) is 38.7 Å². The van der Waals surface area contributed by atoms with Gasteiger partial charge in [0.1, 0.15) is 0 Å². The number of fused-ring (bicyclic) bond motifs is 9. The van der Waals surface area contributed by atoms with Gasteiger partial charge in [-0.05, 0) is 67.7 Å². The Morgan fingerprint density at radius 1 is 0.311 bits per heavy atom. The second-order valence-electron chi connectivity index (χ2n) is 15.5. The third-order valence-corrected chi connectivity index (χ3v) is 13.1. The number of para-hydroxylation sites is 1. The Morgan fingerprint density at radius 2 is 0.820 bits per heavy atom. The summed E-state index contributed by atoms with van der Waals surface area (Å²) in [6.07, 6.45) is 0. The fraction of sp³-hybridized carbons (Fsp3) is 0. The lowest BCUT2D eigenvalue weighted by atomic mass is 9.90. The van der Waals surface area contributed by atoms with Crippen molar-refractivity contribution in [3.8, 4) is 66.7 Å². The number of aromatic nitrogens is 3. The smallest absolute Gasteiger partial charge is 0.160 e. The molecule has 3 nitrogen and oxygen atoms in total. The largest absolute Gasteiger partial charge is 0.246 e. The van der Waals surface area contributed by atoms with Crippen LogP contribution in [-0.2, 0) is 0 Å². The van der Waals surface area contributed by atoms with Gasteiger partial charge in [0, 0.05) is 43.5 Å². The van der Waals surface area contributed by atoms with E-state index in [-0.39, 0.29) is 0 Å². The molecule has 0 fully saturated rings. The van der Waals surface area contributed by atoms with Crippen molar-refractivity contribution in [2.75, 3.05) is 0 Å². The second-order valence-corrected chi connectivity index (χ2v) is 16.5. The Hall–Kier alpha value is -7.79. The minimum atomic E-state index is 0.700. The number of pyridine rings is 1. The molecule has 0 bridgehead atoms. The molecule has 4 heteroatoms. The first-order valence-electron chi connectivity index (χ1n) is 20.6. The van der Waals surface area contributed by atoms with Gasteiger partial charge >= 0.3 is 0 Å². The molecule has 3 aromatic heterocycles. The molecule has 0 atom stereocenters. The number of hydrogen-bond acceptors (Lipinski definition) is 4. The number of benzene rings is 9. The Morgan fingerprint density at radius 3 is 1.49 bits per heavy atom. The van der Waals surface area contributed by atoms with Crippen LogP contribution in [0.4, 0.5) is 0 Å². The highest BCUT2D eigenvalue weighted by Gasteiger charge is 2.24. The molecule has 0 aliphatic rings. The van der Waals surface area contributed by atoms with Gasteiger partial charge in [-0.3, -0.25) is 0 Å². The highest BCUT2D eigenvalue weighted by molar-refractivity contribution is 7.23. The van der Waals surface area contributed by atoms with E-state index in [0.29, 0.717) is 5.82 Å². The third kappa shape index (κ3) is 5.99. The average molecular weight is 794 g/mol. The SMILES string of the molecule is c1ccc(-c2cc(-c3cccc(-c4sc5c(-c6ccccc6)nc6ccccc6c5c4-c4ccc5c6ccccc6c6ccccc6c5c4)c3)nc(-c3ccccc3)n2)cc1. The van der Waals surface area contributed by atoms with Gasteiger partial charge in [-0.15, -0.1) is 11.3 Å². The summed E-state index contributed by atoms with van der Waals surface area (Å²) in [4.78, 5) is 16.9. The highest BCUT2D eigenvalue weighted by Crippen LogP contribution is 2.51. The van der Waals surface area contributed by atoms with Gasteiger partial charge in [-0.2, -0.15) is 0 Å². The van der Waals surface area contributed by atoms with Gasteiger partial charge in [0.25, 0.3) is 0 Å². The molecule has 12 aromatic rings. The van der Waals surface area contributed by atoms with E-state index in [0.717, 1.165) is 55.8 Å². The molecule has 9 aromatic carbocycles. The van der Waals surface area contributed by atoms with E-state index < -0.39 is 0 Å². The van der Waals surface area contributed by atoms with Crippen molar-refractivity contribution in [2.45, 2.75) is 0 Å². The normalized spacial score (nSPS) is 11.6. The number of hydrogen-bond donors (Lipinski definition) is 0. The Bertz CT molecular complexity index is 3540. The maximum Gasteiger partial charge on any atom is 0.160 e. The van der Waals surface area contributed by atoms with E-state index in [1.807, 2.05) is 35.6 Å². The van der Waals surface area contributed by atoms with E-state index in [1.54, 1.807) is 0 Å². The van der Waals surface area contributed by atoms with Crippen molar-refractivity contribution < 1.29 is 0 Å². The summed E-state index contributed by atoms with van der Waals surface area (Å²) in [5.74, 6) is 0.700. The predicted molar refractivity (Wildman–Crippen MR) is 258 cm³/mol. The molecule has 0 amide bonds. The van der Waals surface area contributed by atoms with Crippen molar-refractivity contribution in [3.05, 3.63) is 212 Å². The highest BCUT2D eigenvalue weighted by atomic mass is 32.1. The lowest BCUT2D eigenvalue weighted by Crippen LogP contribution is -1.96. The fourth-order valence-electron chi connectivity index (χ4n) is 9.03. The average Bonchev–Trinajstić information content (AvgIpc) is 3.76. The van der Waals surface area contributed by atoms with Gasteiger partial charge in [0.15, 0.2) is 5.82 Å². The van der Waals surface area contributed by atoms with Crippen LogP contribution in [0.3, 0.4) is 0 Å². The van der Waals surface area contributed by atoms with Crippen molar-refractivity contribution in [2.24, 2.45) is 0 Å². The van der Waals surface area contributed by atoms with Gasteiger partial charge in [-0.1, -0.05) is 188 Å². The monoisotopic (exact) mass is 793 g/mol. The third-order valence-electron chi connectivity index (χ3n) is 11.9. The van der Waals surface area contributed by atoms with Crippen molar-refractivity contribution in [3.63, 3.8) is 0 Å². The van der Waals surface area contributed by atoms with Crippen LogP contribution in [0, 0.1) is 0 Å². The van der Waals surface area contributed by atoms with E-state index in [9.17, 15) is 0 Å². The standard InChI is InChI=1S/C57H35N3S/c1-4-17-36(18-5-1)50-35-51(60-57(59-50)38-21-8-3-9-22-38)39-23-16-24-41(33-39)55-52(53-47-29-14-15-30-49(47)58-54(56(53)61-55)37-19-6-2-7-20-37)40-31-32-46-44-27-11-10-25-42(44)43-26-12-13-28-45(43)48(46)34-40/h1-35H. The van der Waals surface area contributed by atoms with Crippen LogP contribution in [0.25, 0.3) is 120 Å². The summed E-state index contributed by atoms with van der Waals surface area (Å²) in [6.45, 7) is 0. The van der Waals surface area contributed by atoms with E-state index >= 15 is 0 Å². The van der Waals surface area contributed by atoms with Crippen LogP contribution in [0.1, 0.15) is 0 Å². The van der Waals surface area contributed by atoms with E-state index in [2.05, 4.69) is 188 Å². The van der Waals surface area contributed by atoms with E-state index in [4.69, 9.17) is 15.0 Å². The summed E-state index contributed by atoms with van der Waals surface area (Å²) in [6, 6.07) is 75.6. The van der Waals surface area contributed by atoms with Crippen molar-refractivity contribution in [1.29, 1.82) is 0 Å². The van der Waals surface area contributed by atoms with Crippen LogP contribution < -0.4 is 0 Å². The summed E-state index contributed by atoms with van der Waals surface area (Å²) in [5.41, 5.74) is 11.4. The van der Waals surface area contributed by atoms with E-state index in [1.165, 1.54) is 58.4 Å². The Balaban J connectivity index is 1.15. The molecule has 0 unspecified atom stereocenters. The first-order valence-corrected chi connectivity index (χ1v) is 21.4. The first-order chi connectivity index (χ1) is 30.2. The van der Waals surface area contributed by atoms with Crippen molar-refractivity contribution >= 4 is 64.6 Å². The number of rotatable bonds is 6. The van der Waals surface area contributed by atoms with Crippen LogP contribution >= 0.6 is 11.3 Å². The van der Waals surface area contributed by atoms with Crippen LogP contribution in [0.2, 0.25) is 0 Å². The molecular weight excluding hydrogens is 759 g/mol. The Labute approximate surface area is 356 Å². The molecule has 284 valence electrons. The summed E-state index contributed by atoms with van der Waals surface area (Å²) in [5, 5.41) is 9.93. The summed E-state index contributed by atoms with van der Waals surface area (Å²) < 4.78 is 1.17. The van der Waals surface area contributed by atoms with Gasteiger partial charge < -0.3 is 0 Å².